The summed E-state index contributed by atoms with van der Waals surface area (Å²) in [7, 11) is 1.54. The Morgan fingerprint density at radius 1 is 1.18 bits per heavy atom. The van der Waals surface area contributed by atoms with E-state index in [0.717, 1.165) is 5.56 Å². The number of nitrogens with one attached hydrogen (secondary N) is 2. The molecular weight excluding hydrogens is 360 g/mol. The van der Waals surface area contributed by atoms with Crippen molar-refractivity contribution >= 4 is 34.5 Å². The van der Waals surface area contributed by atoms with Crippen molar-refractivity contribution in [2.75, 3.05) is 13.7 Å². The minimum atomic E-state index is -0.649. The summed E-state index contributed by atoms with van der Waals surface area (Å²) in [6.45, 7) is -0.318. The second kappa shape index (κ2) is 8.63. The molecule has 0 fully saturated rings. The number of aromatic hydroxyl groups is 1. The minimum Gasteiger partial charge on any atom is -0.496 e. The number of H-pyrrole nitrogens is 1. The fourth-order valence-corrected chi connectivity index (χ4v) is 2.55. The molecule has 0 aliphatic heterocycles. The lowest BCUT2D eigenvalue weighted by molar-refractivity contribution is -0.122. The second-order valence-corrected chi connectivity index (χ2v) is 5.75. The Balaban J connectivity index is 1.58. The maximum atomic E-state index is 11.9. The van der Waals surface area contributed by atoms with E-state index in [0.29, 0.717) is 16.7 Å². The average Bonchev–Trinajstić information content (AvgIpc) is 3.04. The van der Waals surface area contributed by atoms with Gasteiger partial charge in [-0.05, 0) is 18.2 Å². The molecule has 2 aromatic carbocycles. The maximum absolute atomic E-state index is 11.9. The number of aromatic amines is 1. The number of nitrogens with zero attached hydrogens (tertiary/aromatic N) is 2. The van der Waals surface area contributed by atoms with E-state index >= 15 is 0 Å². The first-order valence-corrected chi connectivity index (χ1v) is 8.41. The van der Waals surface area contributed by atoms with Crippen molar-refractivity contribution in [2.24, 2.45) is 10.2 Å². The van der Waals surface area contributed by atoms with E-state index in [4.69, 9.17) is 4.74 Å². The van der Waals surface area contributed by atoms with Crippen molar-refractivity contribution in [3.8, 4) is 11.6 Å². The molecule has 1 heterocycles. The number of amides is 2. The number of methoxy groups -OCH3 is 1. The summed E-state index contributed by atoms with van der Waals surface area (Å²) in [5.41, 5.74) is 1.59. The van der Waals surface area contributed by atoms with Gasteiger partial charge in [-0.1, -0.05) is 36.4 Å². The third kappa shape index (κ3) is 4.42. The van der Waals surface area contributed by atoms with Gasteiger partial charge < -0.3 is 20.1 Å². The number of ether oxygens (including phenoxy) is 1. The van der Waals surface area contributed by atoms with Crippen LogP contribution in [-0.4, -0.2) is 35.6 Å². The van der Waals surface area contributed by atoms with E-state index in [9.17, 15) is 14.7 Å². The average molecular weight is 378 g/mol. The van der Waals surface area contributed by atoms with Gasteiger partial charge in [-0.3, -0.25) is 9.59 Å². The topological polar surface area (TPSA) is 116 Å². The lowest BCUT2D eigenvalue weighted by Crippen LogP contribution is -2.26. The molecule has 3 N–H and O–H groups in total. The van der Waals surface area contributed by atoms with Crippen LogP contribution in [0, 0.1) is 0 Å². The summed E-state index contributed by atoms with van der Waals surface area (Å²) in [5.74, 6) is -0.649. The Bertz CT molecular complexity index is 1070. The predicted molar refractivity (Wildman–Crippen MR) is 105 cm³/mol. The predicted octanol–water partition coefficient (Wildman–Crippen LogP) is 3.32. The van der Waals surface area contributed by atoms with Crippen LogP contribution in [0.25, 0.3) is 17.0 Å². The molecule has 2 amide bonds. The van der Waals surface area contributed by atoms with Gasteiger partial charge in [-0.2, -0.15) is 0 Å². The molecule has 0 radical (unpaired) electrons. The second-order valence-electron chi connectivity index (χ2n) is 5.75. The monoisotopic (exact) mass is 378 g/mol. The summed E-state index contributed by atoms with van der Waals surface area (Å²) in [4.78, 5) is 26.5. The first kappa shape index (κ1) is 18.8. The zero-order valence-electron chi connectivity index (χ0n) is 15.0. The molecule has 0 aliphatic carbocycles. The highest BCUT2D eigenvalue weighted by atomic mass is 16.5. The van der Waals surface area contributed by atoms with Crippen molar-refractivity contribution in [1.82, 2.24) is 10.3 Å². The molecule has 8 nitrogen and oxygen atoms in total. The van der Waals surface area contributed by atoms with Crippen LogP contribution in [0.3, 0.4) is 0 Å². The van der Waals surface area contributed by atoms with Crippen molar-refractivity contribution in [1.29, 1.82) is 0 Å². The van der Waals surface area contributed by atoms with Crippen LogP contribution < -0.4 is 10.1 Å². The van der Waals surface area contributed by atoms with Gasteiger partial charge >= 0.3 is 0 Å². The normalized spacial score (nSPS) is 11.3. The number of benzene rings is 2. The van der Waals surface area contributed by atoms with E-state index in [1.165, 1.54) is 6.08 Å². The molecular formula is C20H18N4O4. The van der Waals surface area contributed by atoms with Crippen LogP contribution in [0.15, 0.2) is 64.8 Å². The number of azo groups is 1. The molecule has 0 atom stereocenters. The van der Waals surface area contributed by atoms with Gasteiger partial charge in [-0.25, -0.2) is 0 Å². The number of hydrogen-bond acceptors (Lipinski definition) is 5. The zero-order chi connectivity index (χ0) is 19.9. The molecule has 0 spiro atoms. The SMILES string of the molecule is COc1ccccc1/C=C/C(=O)NCC(=O)N=Nc1c(O)[nH]c2ccccc12. The lowest BCUT2D eigenvalue weighted by atomic mass is 10.2. The van der Waals surface area contributed by atoms with E-state index in [-0.39, 0.29) is 18.1 Å². The smallest absolute Gasteiger partial charge is 0.283 e. The highest BCUT2D eigenvalue weighted by Gasteiger charge is 2.10. The molecule has 0 bridgehead atoms. The van der Waals surface area contributed by atoms with Crippen LogP contribution >= 0.6 is 0 Å². The van der Waals surface area contributed by atoms with E-state index in [2.05, 4.69) is 20.5 Å². The molecule has 0 saturated heterocycles. The van der Waals surface area contributed by atoms with E-state index in [1.54, 1.807) is 49.6 Å². The van der Waals surface area contributed by atoms with Gasteiger partial charge in [0.15, 0.2) is 5.69 Å². The summed E-state index contributed by atoms with van der Waals surface area (Å²) < 4.78 is 5.20. The fourth-order valence-electron chi connectivity index (χ4n) is 2.55. The number of hydrogen-bond donors (Lipinski definition) is 3. The van der Waals surface area contributed by atoms with Crippen molar-refractivity contribution in [3.63, 3.8) is 0 Å². The van der Waals surface area contributed by atoms with Gasteiger partial charge in [0.2, 0.25) is 11.8 Å². The highest BCUT2D eigenvalue weighted by Crippen LogP contribution is 2.35. The van der Waals surface area contributed by atoms with Gasteiger partial charge in [0.1, 0.15) is 12.3 Å². The van der Waals surface area contributed by atoms with E-state index < -0.39 is 11.8 Å². The molecule has 8 heteroatoms. The van der Waals surface area contributed by atoms with Crippen molar-refractivity contribution in [3.05, 3.63) is 60.2 Å². The Morgan fingerprint density at radius 3 is 2.75 bits per heavy atom. The molecule has 28 heavy (non-hydrogen) atoms. The number of carbonyl (C=O) groups excluding carboxylic acids is 2. The lowest BCUT2D eigenvalue weighted by Gasteiger charge is -2.03. The summed E-state index contributed by atoms with van der Waals surface area (Å²) in [6, 6.07) is 14.3. The molecule has 142 valence electrons. The summed E-state index contributed by atoms with van der Waals surface area (Å²) >= 11 is 0. The summed E-state index contributed by atoms with van der Waals surface area (Å²) in [5, 5.41) is 20.3. The Morgan fingerprint density at radius 2 is 1.93 bits per heavy atom. The van der Waals surface area contributed by atoms with Gasteiger partial charge in [0.05, 0.1) is 12.6 Å². The highest BCUT2D eigenvalue weighted by molar-refractivity contribution is 5.96. The quantitative estimate of drug-likeness (QED) is 0.451. The van der Waals surface area contributed by atoms with Gasteiger partial charge in [0.25, 0.3) is 5.91 Å². The van der Waals surface area contributed by atoms with Crippen LogP contribution in [0.1, 0.15) is 5.56 Å². The minimum absolute atomic E-state index is 0.173. The molecule has 3 rings (SSSR count). The molecule has 0 unspecified atom stereocenters. The Hall–Kier alpha value is -3.94. The number of fused-ring (bicyclic) bond motifs is 1. The van der Waals surface area contributed by atoms with Crippen molar-refractivity contribution in [2.45, 2.75) is 0 Å². The van der Waals surface area contributed by atoms with Gasteiger partial charge in [-0.15, -0.1) is 10.2 Å². The molecule has 0 saturated carbocycles. The summed E-state index contributed by atoms with van der Waals surface area (Å²) in [6.07, 6.45) is 2.89. The van der Waals surface area contributed by atoms with Crippen molar-refractivity contribution < 1.29 is 19.4 Å². The van der Waals surface area contributed by atoms with Crippen LogP contribution in [-0.2, 0) is 9.59 Å². The van der Waals surface area contributed by atoms with Crippen LogP contribution in [0.4, 0.5) is 5.69 Å². The van der Waals surface area contributed by atoms with E-state index in [1.807, 2.05) is 12.1 Å². The van der Waals surface area contributed by atoms with Crippen LogP contribution in [0.5, 0.6) is 11.6 Å². The largest absolute Gasteiger partial charge is 0.496 e. The first-order chi connectivity index (χ1) is 13.6. The molecule has 1 aromatic heterocycles. The number of aromatic nitrogens is 1. The Kier molecular flexibility index (Phi) is 5.81. The zero-order valence-corrected chi connectivity index (χ0v) is 15.0. The molecule has 3 aromatic rings. The first-order valence-electron chi connectivity index (χ1n) is 8.41. The maximum Gasteiger partial charge on any atom is 0.283 e. The Labute approximate surface area is 160 Å². The standard InChI is InChI=1S/C20H18N4O4/c1-28-16-9-5-2-6-13(16)10-11-17(25)21-12-18(26)23-24-19-14-7-3-4-8-15(14)22-20(19)27/h2-11,22,27H,12H2,1H3,(H,21,25)/b11-10+,24-23?. The number of rotatable bonds is 6. The van der Waals surface area contributed by atoms with Gasteiger partial charge in [0, 0.05) is 17.0 Å². The molecule has 0 aliphatic rings. The number of para-hydroxylation sites is 2. The third-order valence-corrected chi connectivity index (χ3v) is 3.89. The fraction of sp³-hybridized carbons (Fsp3) is 0.100. The van der Waals surface area contributed by atoms with Crippen LogP contribution in [0.2, 0.25) is 0 Å². The number of carbonyl (C=O) groups is 2. The third-order valence-electron chi connectivity index (χ3n) is 3.89.